The molecule has 1 spiro atoms. The van der Waals surface area contributed by atoms with Gasteiger partial charge >= 0.3 is 0 Å². The molecule has 4 nitrogen and oxygen atoms in total. The first-order chi connectivity index (χ1) is 9.64. The lowest BCUT2D eigenvalue weighted by atomic mass is 9.58. The van der Waals surface area contributed by atoms with Crippen molar-refractivity contribution in [3.8, 4) is 0 Å². The van der Waals surface area contributed by atoms with Gasteiger partial charge in [-0.1, -0.05) is 11.6 Å². The zero-order chi connectivity index (χ0) is 14.2. The van der Waals surface area contributed by atoms with E-state index in [1.165, 1.54) is 4.88 Å². The summed E-state index contributed by atoms with van der Waals surface area (Å²) in [7, 11) is 0. The predicted octanol–water partition coefficient (Wildman–Crippen LogP) is 2.55. The molecule has 2 atom stereocenters. The van der Waals surface area contributed by atoms with Crippen molar-refractivity contribution in [3.05, 3.63) is 15.5 Å². The second-order valence-electron chi connectivity index (χ2n) is 5.78. The average Bonchev–Trinajstić information content (AvgIpc) is 2.85. The second kappa shape index (κ2) is 5.89. The first-order valence-electron chi connectivity index (χ1n) is 7.26. The molecular formula is C14H21ClN2O2S. The number of hydrogen-bond acceptors (Lipinski definition) is 5. The number of aromatic nitrogens is 1. The molecule has 0 bridgehead atoms. The van der Waals surface area contributed by atoms with Crippen molar-refractivity contribution in [1.29, 1.82) is 0 Å². The highest BCUT2D eigenvalue weighted by atomic mass is 35.5. The van der Waals surface area contributed by atoms with Crippen molar-refractivity contribution in [2.45, 2.75) is 44.9 Å². The van der Waals surface area contributed by atoms with E-state index in [-0.39, 0.29) is 17.6 Å². The van der Waals surface area contributed by atoms with Gasteiger partial charge in [-0.25, -0.2) is 4.98 Å². The van der Waals surface area contributed by atoms with E-state index in [1.807, 2.05) is 13.1 Å². The fourth-order valence-corrected chi connectivity index (χ4v) is 4.54. The normalized spacial score (nSPS) is 29.6. The molecule has 2 fully saturated rings. The van der Waals surface area contributed by atoms with E-state index in [1.54, 1.807) is 11.3 Å². The van der Waals surface area contributed by atoms with Gasteiger partial charge in [0, 0.05) is 36.1 Å². The molecule has 1 N–H and O–H groups in total. The van der Waals surface area contributed by atoms with E-state index in [4.69, 9.17) is 16.3 Å². The monoisotopic (exact) mass is 316 g/mol. The summed E-state index contributed by atoms with van der Waals surface area (Å²) in [6.45, 7) is 5.70. The van der Waals surface area contributed by atoms with Gasteiger partial charge in [0.1, 0.15) is 0 Å². The number of thiazole rings is 1. The van der Waals surface area contributed by atoms with E-state index < -0.39 is 0 Å². The minimum atomic E-state index is -0.181. The SMILES string of the molecule is CCOC1CC(O)C12CCN(Cc1cnc(Cl)s1)CC2. The molecule has 0 aromatic carbocycles. The van der Waals surface area contributed by atoms with E-state index in [9.17, 15) is 5.11 Å². The zero-order valence-corrected chi connectivity index (χ0v) is 13.3. The van der Waals surface area contributed by atoms with Gasteiger partial charge in [-0.2, -0.15) is 0 Å². The molecule has 2 unspecified atom stereocenters. The lowest BCUT2D eigenvalue weighted by molar-refractivity contribution is -0.209. The molecule has 1 saturated heterocycles. The molecule has 1 aliphatic heterocycles. The van der Waals surface area contributed by atoms with Crippen molar-refractivity contribution >= 4 is 22.9 Å². The number of likely N-dealkylation sites (tertiary alicyclic amines) is 1. The number of aliphatic hydroxyl groups is 1. The van der Waals surface area contributed by atoms with Crippen LogP contribution in [0, 0.1) is 5.41 Å². The molecule has 20 heavy (non-hydrogen) atoms. The van der Waals surface area contributed by atoms with Gasteiger partial charge in [0.15, 0.2) is 4.47 Å². The maximum Gasteiger partial charge on any atom is 0.183 e. The number of aliphatic hydroxyl groups excluding tert-OH is 1. The van der Waals surface area contributed by atoms with Gasteiger partial charge in [0.2, 0.25) is 0 Å². The van der Waals surface area contributed by atoms with E-state index >= 15 is 0 Å². The van der Waals surface area contributed by atoms with Crippen LogP contribution in [0.5, 0.6) is 0 Å². The Morgan fingerprint density at radius 2 is 2.30 bits per heavy atom. The number of hydrogen-bond donors (Lipinski definition) is 1. The minimum absolute atomic E-state index is 0.0118. The molecule has 0 radical (unpaired) electrons. The largest absolute Gasteiger partial charge is 0.392 e. The maximum atomic E-state index is 10.2. The van der Waals surface area contributed by atoms with Gasteiger partial charge in [0.25, 0.3) is 0 Å². The zero-order valence-electron chi connectivity index (χ0n) is 11.7. The highest BCUT2D eigenvalue weighted by Crippen LogP contribution is 2.51. The second-order valence-corrected chi connectivity index (χ2v) is 7.48. The third kappa shape index (κ3) is 2.62. The van der Waals surface area contributed by atoms with E-state index in [0.717, 1.165) is 45.5 Å². The highest BCUT2D eigenvalue weighted by molar-refractivity contribution is 7.15. The topological polar surface area (TPSA) is 45.6 Å². The summed E-state index contributed by atoms with van der Waals surface area (Å²) < 4.78 is 6.40. The van der Waals surface area contributed by atoms with Crippen molar-refractivity contribution in [2.75, 3.05) is 19.7 Å². The van der Waals surface area contributed by atoms with Crippen molar-refractivity contribution in [3.63, 3.8) is 0 Å². The smallest absolute Gasteiger partial charge is 0.183 e. The molecule has 2 aliphatic rings. The number of halogens is 1. The summed E-state index contributed by atoms with van der Waals surface area (Å²) in [5.74, 6) is 0. The molecule has 112 valence electrons. The molecule has 2 heterocycles. The lowest BCUT2D eigenvalue weighted by Gasteiger charge is -2.56. The summed E-state index contributed by atoms with van der Waals surface area (Å²) in [5, 5.41) is 10.2. The summed E-state index contributed by atoms with van der Waals surface area (Å²) in [4.78, 5) is 7.71. The van der Waals surface area contributed by atoms with Crippen LogP contribution in [0.1, 0.15) is 31.1 Å². The summed E-state index contributed by atoms with van der Waals surface area (Å²) in [6, 6.07) is 0. The van der Waals surface area contributed by atoms with Gasteiger partial charge in [0.05, 0.1) is 12.2 Å². The van der Waals surface area contributed by atoms with Crippen LogP contribution in [0.15, 0.2) is 6.20 Å². The highest BCUT2D eigenvalue weighted by Gasteiger charge is 2.55. The molecule has 1 aromatic rings. The van der Waals surface area contributed by atoms with Crippen LogP contribution in [-0.4, -0.2) is 46.9 Å². The fraction of sp³-hybridized carbons (Fsp3) is 0.786. The Hall–Kier alpha value is -0.200. The van der Waals surface area contributed by atoms with E-state index in [0.29, 0.717) is 4.47 Å². The number of rotatable bonds is 4. The van der Waals surface area contributed by atoms with Gasteiger partial charge < -0.3 is 9.84 Å². The van der Waals surface area contributed by atoms with Gasteiger partial charge in [-0.05, 0) is 32.9 Å². The van der Waals surface area contributed by atoms with Gasteiger partial charge in [-0.15, -0.1) is 11.3 Å². The standard InChI is InChI=1S/C14H21ClN2O2S/c1-2-19-12-7-11(18)14(12)3-5-17(6-4-14)9-10-8-16-13(15)20-10/h8,11-12,18H,2-7,9H2,1H3. The summed E-state index contributed by atoms with van der Waals surface area (Å²) in [6.07, 6.45) is 4.77. The summed E-state index contributed by atoms with van der Waals surface area (Å²) in [5.41, 5.74) is 0.0118. The minimum Gasteiger partial charge on any atom is -0.392 e. The number of ether oxygens (including phenoxy) is 1. The Labute approximate surface area is 128 Å². The predicted molar refractivity (Wildman–Crippen MR) is 80.1 cm³/mol. The van der Waals surface area contributed by atoms with E-state index in [2.05, 4.69) is 9.88 Å². The van der Waals surface area contributed by atoms with Crippen LogP contribution in [0.25, 0.3) is 0 Å². The quantitative estimate of drug-likeness (QED) is 0.927. The van der Waals surface area contributed by atoms with Crippen LogP contribution >= 0.6 is 22.9 Å². The third-order valence-corrected chi connectivity index (χ3v) is 5.90. The van der Waals surface area contributed by atoms with Crippen LogP contribution in [0.4, 0.5) is 0 Å². The number of nitrogens with zero attached hydrogens (tertiary/aromatic N) is 2. The van der Waals surface area contributed by atoms with Crippen LogP contribution < -0.4 is 0 Å². The first-order valence-corrected chi connectivity index (χ1v) is 8.46. The van der Waals surface area contributed by atoms with Crippen LogP contribution in [0.2, 0.25) is 4.47 Å². The Morgan fingerprint density at radius 1 is 1.55 bits per heavy atom. The van der Waals surface area contributed by atoms with Gasteiger partial charge in [-0.3, -0.25) is 4.90 Å². The molecule has 0 amide bonds. The Bertz CT molecular complexity index is 458. The average molecular weight is 317 g/mol. The molecule has 1 saturated carbocycles. The van der Waals surface area contributed by atoms with Crippen molar-refractivity contribution < 1.29 is 9.84 Å². The molecular weight excluding hydrogens is 296 g/mol. The molecule has 1 aromatic heterocycles. The molecule has 3 rings (SSSR count). The first kappa shape index (κ1) is 14.7. The third-order valence-electron chi connectivity index (χ3n) is 4.80. The van der Waals surface area contributed by atoms with Crippen molar-refractivity contribution in [2.24, 2.45) is 5.41 Å². The fourth-order valence-electron chi connectivity index (χ4n) is 3.52. The molecule has 1 aliphatic carbocycles. The Balaban J connectivity index is 1.56. The van der Waals surface area contributed by atoms with Crippen molar-refractivity contribution in [1.82, 2.24) is 9.88 Å². The van der Waals surface area contributed by atoms with Crippen LogP contribution in [-0.2, 0) is 11.3 Å². The molecule has 6 heteroatoms. The Kier molecular flexibility index (Phi) is 4.34. The summed E-state index contributed by atoms with van der Waals surface area (Å²) >= 11 is 7.42. The lowest BCUT2D eigenvalue weighted by Crippen LogP contribution is -2.62. The van der Waals surface area contributed by atoms with Crippen LogP contribution in [0.3, 0.4) is 0 Å². The maximum absolute atomic E-state index is 10.2. The number of piperidine rings is 1. The Morgan fingerprint density at radius 3 is 2.85 bits per heavy atom.